The molecule has 0 radical (unpaired) electrons. The normalized spacial score (nSPS) is 11.0. The second-order valence-corrected chi connectivity index (χ2v) is 6.70. The van der Waals surface area contributed by atoms with Crippen molar-refractivity contribution in [3.05, 3.63) is 90.1 Å². The summed E-state index contributed by atoms with van der Waals surface area (Å²) in [5, 5.41) is 9.49. The first-order chi connectivity index (χ1) is 12.8. The molecule has 0 saturated carbocycles. The van der Waals surface area contributed by atoms with Crippen molar-refractivity contribution in [1.82, 2.24) is 14.8 Å². The predicted molar refractivity (Wildman–Crippen MR) is 99.2 cm³/mol. The Morgan fingerprint density at radius 2 is 1.85 bits per heavy atom. The Labute approximate surface area is 154 Å². The van der Waals surface area contributed by atoms with Gasteiger partial charge in [0.2, 0.25) is 0 Å². The maximum Gasteiger partial charge on any atom is 0.192 e. The molecule has 2 aromatic carbocycles. The maximum atomic E-state index is 13.4. The summed E-state index contributed by atoms with van der Waals surface area (Å²) in [7, 11) is 0. The minimum Gasteiger partial charge on any atom is -0.467 e. The van der Waals surface area contributed by atoms with E-state index in [4.69, 9.17) is 4.42 Å². The van der Waals surface area contributed by atoms with Gasteiger partial charge < -0.3 is 4.42 Å². The van der Waals surface area contributed by atoms with E-state index in [0.29, 0.717) is 12.3 Å². The van der Waals surface area contributed by atoms with Crippen molar-refractivity contribution in [3.8, 4) is 11.4 Å². The standard InChI is InChI=1S/C20H16FN3OS/c21-17-9-4-6-15(12-17)14-26-20-23-22-19(16-7-2-1-3-8-16)24(20)13-18-10-5-11-25-18/h1-12H,13-14H2. The molecule has 0 aliphatic carbocycles. The molecule has 130 valence electrons. The van der Waals surface area contributed by atoms with Gasteiger partial charge in [0.1, 0.15) is 11.6 Å². The summed E-state index contributed by atoms with van der Waals surface area (Å²) in [5.41, 5.74) is 1.90. The molecule has 0 N–H and O–H groups in total. The molecule has 2 aromatic heterocycles. The number of rotatable bonds is 6. The number of halogens is 1. The molecule has 2 heterocycles. The molecule has 0 aliphatic rings. The minimum atomic E-state index is -0.231. The monoisotopic (exact) mass is 365 g/mol. The van der Waals surface area contributed by atoms with Gasteiger partial charge in [-0.05, 0) is 29.8 Å². The lowest BCUT2D eigenvalue weighted by Crippen LogP contribution is -2.03. The molecule has 4 aromatic rings. The molecule has 0 atom stereocenters. The number of hydrogen-bond acceptors (Lipinski definition) is 4. The highest BCUT2D eigenvalue weighted by Gasteiger charge is 2.15. The predicted octanol–water partition coefficient (Wildman–Crippen LogP) is 5.02. The van der Waals surface area contributed by atoms with E-state index in [0.717, 1.165) is 27.9 Å². The number of furan rings is 1. The summed E-state index contributed by atoms with van der Waals surface area (Å²) in [4.78, 5) is 0. The van der Waals surface area contributed by atoms with Crippen molar-refractivity contribution in [2.24, 2.45) is 0 Å². The average molecular weight is 365 g/mol. The highest BCUT2D eigenvalue weighted by Crippen LogP contribution is 2.27. The molecule has 6 heteroatoms. The van der Waals surface area contributed by atoms with Crippen LogP contribution in [0.25, 0.3) is 11.4 Å². The third-order valence-corrected chi connectivity index (χ3v) is 4.94. The molecular weight excluding hydrogens is 349 g/mol. The fourth-order valence-corrected chi connectivity index (χ4v) is 3.55. The van der Waals surface area contributed by atoms with Crippen molar-refractivity contribution in [2.45, 2.75) is 17.5 Å². The van der Waals surface area contributed by atoms with E-state index < -0.39 is 0 Å². The molecule has 0 saturated heterocycles. The number of nitrogens with zero attached hydrogens (tertiary/aromatic N) is 3. The zero-order valence-corrected chi connectivity index (χ0v) is 14.7. The molecule has 0 aliphatic heterocycles. The molecule has 4 nitrogen and oxygen atoms in total. The van der Waals surface area contributed by atoms with Gasteiger partial charge in [-0.15, -0.1) is 10.2 Å². The summed E-state index contributed by atoms with van der Waals surface area (Å²) in [6.45, 7) is 0.537. The summed E-state index contributed by atoms with van der Waals surface area (Å²) in [5.74, 6) is 1.99. The number of thioether (sulfide) groups is 1. The van der Waals surface area contributed by atoms with Crippen molar-refractivity contribution in [1.29, 1.82) is 0 Å². The third-order valence-electron chi connectivity index (χ3n) is 3.90. The molecule has 0 fully saturated rings. The van der Waals surface area contributed by atoms with Gasteiger partial charge in [0.15, 0.2) is 11.0 Å². The Kier molecular flexibility index (Phi) is 4.84. The summed E-state index contributed by atoms with van der Waals surface area (Å²) in [6, 6.07) is 20.3. The third kappa shape index (κ3) is 3.70. The second-order valence-electron chi connectivity index (χ2n) is 5.76. The van der Waals surface area contributed by atoms with Crippen LogP contribution in [0, 0.1) is 5.82 Å². The first-order valence-corrected chi connectivity index (χ1v) is 9.16. The zero-order chi connectivity index (χ0) is 17.8. The Morgan fingerprint density at radius 3 is 2.62 bits per heavy atom. The quantitative estimate of drug-likeness (QED) is 0.450. The lowest BCUT2D eigenvalue weighted by molar-refractivity contribution is 0.485. The Balaban J connectivity index is 1.64. The van der Waals surface area contributed by atoms with Crippen LogP contribution in [0.4, 0.5) is 4.39 Å². The van der Waals surface area contributed by atoms with E-state index in [-0.39, 0.29) is 5.82 Å². The number of aromatic nitrogens is 3. The minimum absolute atomic E-state index is 0.231. The lowest BCUT2D eigenvalue weighted by Gasteiger charge is -2.09. The van der Waals surface area contributed by atoms with Gasteiger partial charge in [0, 0.05) is 11.3 Å². The summed E-state index contributed by atoms with van der Waals surface area (Å²) >= 11 is 1.53. The van der Waals surface area contributed by atoms with Crippen LogP contribution < -0.4 is 0 Å². The van der Waals surface area contributed by atoms with Crippen molar-refractivity contribution in [3.63, 3.8) is 0 Å². The van der Waals surface area contributed by atoms with Gasteiger partial charge in [-0.25, -0.2) is 4.39 Å². The molecule has 4 rings (SSSR count). The first-order valence-electron chi connectivity index (χ1n) is 8.18. The van der Waals surface area contributed by atoms with Crippen molar-refractivity contribution < 1.29 is 8.81 Å². The van der Waals surface area contributed by atoms with Crippen molar-refractivity contribution >= 4 is 11.8 Å². The average Bonchev–Trinajstić information content (AvgIpc) is 3.31. The molecule has 0 unspecified atom stereocenters. The van der Waals surface area contributed by atoms with Crippen LogP contribution in [0.5, 0.6) is 0 Å². The highest BCUT2D eigenvalue weighted by atomic mass is 32.2. The Bertz CT molecular complexity index is 983. The van der Waals surface area contributed by atoms with E-state index in [1.165, 1.54) is 17.8 Å². The van der Waals surface area contributed by atoms with Crippen molar-refractivity contribution in [2.75, 3.05) is 0 Å². The Hall–Kier alpha value is -2.86. The van der Waals surface area contributed by atoms with Crippen LogP contribution in [-0.4, -0.2) is 14.8 Å². The van der Waals surface area contributed by atoms with Gasteiger partial charge >= 0.3 is 0 Å². The van der Waals surface area contributed by atoms with Gasteiger partial charge in [-0.3, -0.25) is 4.57 Å². The summed E-state index contributed by atoms with van der Waals surface area (Å²) in [6.07, 6.45) is 1.65. The number of hydrogen-bond donors (Lipinski definition) is 0. The first kappa shape index (κ1) is 16.6. The van der Waals surface area contributed by atoms with E-state index in [2.05, 4.69) is 10.2 Å². The van der Waals surface area contributed by atoms with E-state index in [9.17, 15) is 4.39 Å². The van der Waals surface area contributed by atoms with Gasteiger partial charge in [-0.1, -0.05) is 54.2 Å². The fourth-order valence-electron chi connectivity index (χ4n) is 2.67. The lowest BCUT2D eigenvalue weighted by atomic mass is 10.2. The van der Waals surface area contributed by atoms with Gasteiger partial charge in [-0.2, -0.15) is 0 Å². The molecule has 0 spiro atoms. The zero-order valence-electron chi connectivity index (χ0n) is 13.9. The smallest absolute Gasteiger partial charge is 0.192 e. The highest BCUT2D eigenvalue weighted by molar-refractivity contribution is 7.98. The number of benzene rings is 2. The van der Waals surface area contributed by atoms with Crippen LogP contribution in [0.2, 0.25) is 0 Å². The fraction of sp³-hybridized carbons (Fsp3) is 0.100. The van der Waals surface area contributed by atoms with Crippen LogP contribution in [0.3, 0.4) is 0 Å². The summed E-state index contributed by atoms with van der Waals surface area (Å²) < 4.78 is 20.9. The van der Waals surface area contributed by atoms with Crippen LogP contribution in [0.15, 0.2) is 82.6 Å². The van der Waals surface area contributed by atoms with E-state index >= 15 is 0 Å². The van der Waals surface area contributed by atoms with Crippen LogP contribution in [-0.2, 0) is 12.3 Å². The van der Waals surface area contributed by atoms with E-state index in [1.807, 2.05) is 53.1 Å². The largest absolute Gasteiger partial charge is 0.467 e. The van der Waals surface area contributed by atoms with E-state index in [1.54, 1.807) is 18.4 Å². The Morgan fingerprint density at radius 1 is 0.962 bits per heavy atom. The van der Waals surface area contributed by atoms with Crippen LogP contribution in [0.1, 0.15) is 11.3 Å². The second kappa shape index (κ2) is 7.58. The molecule has 0 amide bonds. The maximum absolute atomic E-state index is 13.4. The van der Waals surface area contributed by atoms with Gasteiger partial charge in [0.25, 0.3) is 0 Å². The SMILES string of the molecule is Fc1cccc(CSc2nnc(-c3ccccc3)n2Cc2ccco2)c1. The van der Waals surface area contributed by atoms with Gasteiger partial charge in [0.05, 0.1) is 12.8 Å². The molecule has 26 heavy (non-hydrogen) atoms. The molecular formula is C20H16FN3OS. The molecule has 0 bridgehead atoms. The van der Waals surface area contributed by atoms with Crippen LogP contribution >= 0.6 is 11.8 Å². The topological polar surface area (TPSA) is 43.9 Å².